The Hall–Kier alpha value is -1.49. The van der Waals surface area contributed by atoms with Crippen molar-refractivity contribution >= 4 is 5.97 Å². The van der Waals surface area contributed by atoms with Gasteiger partial charge in [0.1, 0.15) is 0 Å². The van der Waals surface area contributed by atoms with Crippen molar-refractivity contribution in [3.8, 4) is 11.8 Å². The van der Waals surface area contributed by atoms with E-state index in [1.54, 1.807) is 6.08 Å². The zero-order valence-corrected chi connectivity index (χ0v) is 10.1. The SMILES string of the molecule is CC1=CCCC(C)(C)C1C=CC#CC(=O)O. The summed E-state index contributed by atoms with van der Waals surface area (Å²) in [5.41, 5.74) is 1.59. The van der Waals surface area contributed by atoms with Crippen molar-refractivity contribution in [1.82, 2.24) is 0 Å². The summed E-state index contributed by atoms with van der Waals surface area (Å²) < 4.78 is 0. The van der Waals surface area contributed by atoms with Gasteiger partial charge in [-0.1, -0.05) is 37.5 Å². The van der Waals surface area contributed by atoms with Crippen LogP contribution in [0.25, 0.3) is 0 Å². The number of allylic oxidation sites excluding steroid dienone is 4. The zero-order chi connectivity index (χ0) is 12.2. The smallest absolute Gasteiger partial charge is 0.382 e. The molecule has 0 saturated heterocycles. The van der Waals surface area contributed by atoms with E-state index in [-0.39, 0.29) is 5.41 Å². The van der Waals surface area contributed by atoms with Crippen LogP contribution < -0.4 is 0 Å². The minimum absolute atomic E-state index is 0.236. The van der Waals surface area contributed by atoms with Gasteiger partial charge in [0.2, 0.25) is 0 Å². The summed E-state index contributed by atoms with van der Waals surface area (Å²) in [6.07, 6.45) is 8.21. The van der Waals surface area contributed by atoms with Crippen LogP contribution in [0.2, 0.25) is 0 Å². The van der Waals surface area contributed by atoms with E-state index < -0.39 is 5.97 Å². The number of aliphatic carboxylic acids is 1. The number of carboxylic acid groups (broad SMARTS) is 1. The first kappa shape index (κ1) is 12.6. The van der Waals surface area contributed by atoms with Crippen molar-refractivity contribution in [3.05, 3.63) is 23.8 Å². The Morgan fingerprint density at radius 3 is 2.88 bits per heavy atom. The molecule has 0 radical (unpaired) electrons. The van der Waals surface area contributed by atoms with Gasteiger partial charge in [0, 0.05) is 11.8 Å². The Labute approximate surface area is 97.1 Å². The Balaban J connectivity index is 2.79. The van der Waals surface area contributed by atoms with E-state index in [0.29, 0.717) is 5.92 Å². The van der Waals surface area contributed by atoms with Gasteiger partial charge in [-0.2, -0.15) is 0 Å². The first-order chi connectivity index (χ1) is 7.43. The topological polar surface area (TPSA) is 37.3 Å². The molecule has 0 aromatic heterocycles. The molecular formula is C14H18O2. The molecule has 0 aromatic carbocycles. The molecule has 0 aliphatic heterocycles. The highest BCUT2D eigenvalue weighted by Crippen LogP contribution is 2.41. The van der Waals surface area contributed by atoms with Crippen LogP contribution in [-0.4, -0.2) is 11.1 Å². The van der Waals surface area contributed by atoms with E-state index in [9.17, 15) is 4.79 Å². The fraction of sp³-hybridized carbons (Fsp3) is 0.500. The molecule has 1 rings (SSSR count). The molecular weight excluding hydrogens is 200 g/mol. The normalized spacial score (nSPS) is 23.4. The molecule has 0 saturated carbocycles. The van der Waals surface area contributed by atoms with E-state index in [0.717, 1.165) is 12.8 Å². The van der Waals surface area contributed by atoms with Gasteiger partial charge >= 0.3 is 5.97 Å². The van der Waals surface area contributed by atoms with Gasteiger partial charge in [0.25, 0.3) is 0 Å². The third kappa shape index (κ3) is 3.27. The summed E-state index contributed by atoms with van der Waals surface area (Å²) in [5.74, 6) is 3.90. The molecule has 2 nitrogen and oxygen atoms in total. The minimum atomic E-state index is -1.08. The Morgan fingerprint density at radius 1 is 1.62 bits per heavy atom. The summed E-state index contributed by atoms with van der Waals surface area (Å²) in [6, 6.07) is 0. The van der Waals surface area contributed by atoms with Gasteiger partial charge in [-0.3, -0.25) is 0 Å². The van der Waals surface area contributed by atoms with E-state index in [2.05, 4.69) is 38.7 Å². The molecule has 1 atom stereocenters. The lowest BCUT2D eigenvalue weighted by molar-refractivity contribution is -0.130. The highest BCUT2D eigenvalue weighted by Gasteiger charge is 2.30. The van der Waals surface area contributed by atoms with Crippen LogP contribution in [0.5, 0.6) is 0 Å². The molecule has 1 unspecified atom stereocenters. The molecule has 16 heavy (non-hydrogen) atoms. The quantitative estimate of drug-likeness (QED) is 0.542. The molecule has 1 aliphatic rings. The van der Waals surface area contributed by atoms with Crippen LogP contribution >= 0.6 is 0 Å². The monoisotopic (exact) mass is 218 g/mol. The first-order valence-corrected chi connectivity index (χ1v) is 5.51. The van der Waals surface area contributed by atoms with Gasteiger partial charge in [-0.15, -0.1) is 0 Å². The van der Waals surface area contributed by atoms with Crippen LogP contribution in [-0.2, 0) is 4.79 Å². The average molecular weight is 218 g/mol. The van der Waals surface area contributed by atoms with Crippen molar-refractivity contribution in [2.75, 3.05) is 0 Å². The third-order valence-corrected chi connectivity index (χ3v) is 3.14. The van der Waals surface area contributed by atoms with Gasteiger partial charge in [-0.25, -0.2) is 4.79 Å². The molecule has 86 valence electrons. The van der Waals surface area contributed by atoms with Crippen LogP contribution in [0.15, 0.2) is 23.8 Å². The van der Waals surface area contributed by atoms with E-state index in [4.69, 9.17) is 5.11 Å². The fourth-order valence-electron chi connectivity index (χ4n) is 2.23. The number of carbonyl (C=O) groups is 1. The van der Waals surface area contributed by atoms with Crippen molar-refractivity contribution in [2.24, 2.45) is 11.3 Å². The van der Waals surface area contributed by atoms with E-state index in [1.807, 2.05) is 6.08 Å². The van der Waals surface area contributed by atoms with E-state index in [1.165, 1.54) is 5.57 Å². The number of carboxylic acids is 1. The molecule has 2 heteroatoms. The largest absolute Gasteiger partial charge is 0.472 e. The summed E-state index contributed by atoms with van der Waals surface area (Å²) in [5, 5.41) is 8.39. The Bertz CT molecular complexity index is 389. The second-order valence-corrected chi connectivity index (χ2v) is 4.89. The molecule has 0 bridgehead atoms. The van der Waals surface area contributed by atoms with E-state index >= 15 is 0 Å². The maximum atomic E-state index is 10.2. The Kier molecular flexibility index (Phi) is 3.95. The van der Waals surface area contributed by atoms with Crippen molar-refractivity contribution in [1.29, 1.82) is 0 Å². The molecule has 0 fully saturated rings. The lowest BCUT2D eigenvalue weighted by Crippen LogP contribution is -2.26. The van der Waals surface area contributed by atoms with Crippen molar-refractivity contribution < 1.29 is 9.90 Å². The summed E-state index contributed by atoms with van der Waals surface area (Å²) in [4.78, 5) is 10.2. The maximum Gasteiger partial charge on any atom is 0.382 e. The predicted octanol–water partition coefficient (Wildman–Crippen LogP) is 3.01. The highest BCUT2D eigenvalue weighted by molar-refractivity contribution is 5.86. The highest BCUT2D eigenvalue weighted by atomic mass is 16.4. The molecule has 0 spiro atoms. The number of hydrogen-bond donors (Lipinski definition) is 1. The summed E-state index contributed by atoms with van der Waals surface area (Å²) in [6.45, 7) is 6.60. The summed E-state index contributed by atoms with van der Waals surface area (Å²) >= 11 is 0. The Morgan fingerprint density at radius 2 is 2.31 bits per heavy atom. The third-order valence-electron chi connectivity index (χ3n) is 3.14. The molecule has 1 N–H and O–H groups in total. The maximum absolute atomic E-state index is 10.2. The molecule has 0 aromatic rings. The van der Waals surface area contributed by atoms with Gasteiger partial charge in [0.05, 0.1) is 0 Å². The zero-order valence-electron chi connectivity index (χ0n) is 10.1. The lowest BCUT2D eigenvalue weighted by atomic mass is 9.68. The standard InChI is InChI=1S/C14H18O2/c1-11-7-6-10-14(2,3)12(11)8-4-5-9-13(15)16/h4,7-8,12H,6,10H2,1-3H3,(H,15,16). The molecule has 0 amide bonds. The van der Waals surface area contributed by atoms with Crippen LogP contribution in [0.3, 0.4) is 0 Å². The average Bonchev–Trinajstić information content (AvgIpc) is 2.14. The fourth-order valence-corrected chi connectivity index (χ4v) is 2.23. The predicted molar refractivity (Wildman–Crippen MR) is 64.8 cm³/mol. The van der Waals surface area contributed by atoms with Crippen molar-refractivity contribution in [2.45, 2.75) is 33.6 Å². The van der Waals surface area contributed by atoms with Crippen LogP contribution in [0.4, 0.5) is 0 Å². The summed E-state index contributed by atoms with van der Waals surface area (Å²) in [7, 11) is 0. The van der Waals surface area contributed by atoms with Crippen LogP contribution in [0, 0.1) is 23.2 Å². The number of rotatable bonds is 1. The number of hydrogen-bond acceptors (Lipinski definition) is 1. The van der Waals surface area contributed by atoms with Gasteiger partial charge in [-0.05, 0) is 31.3 Å². The van der Waals surface area contributed by atoms with Crippen LogP contribution in [0.1, 0.15) is 33.6 Å². The van der Waals surface area contributed by atoms with Gasteiger partial charge < -0.3 is 5.11 Å². The minimum Gasteiger partial charge on any atom is -0.472 e. The lowest BCUT2D eigenvalue weighted by Gasteiger charge is -2.36. The van der Waals surface area contributed by atoms with Crippen molar-refractivity contribution in [3.63, 3.8) is 0 Å². The first-order valence-electron chi connectivity index (χ1n) is 5.51. The van der Waals surface area contributed by atoms with Gasteiger partial charge in [0.15, 0.2) is 0 Å². The molecule has 0 heterocycles. The second kappa shape index (κ2) is 5.03. The second-order valence-electron chi connectivity index (χ2n) is 4.89. The molecule has 1 aliphatic carbocycles.